The molecule has 0 aliphatic carbocycles. The highest BCUT2D eigenvalue weighted by Crippen LogP contribution is 2.20. The van der Waals surface area contributed by atoms with Gasteiger partial charge in [-0.15, -0.1) is 0 Å². The number of anilines is 2. The molecule has 1 aromatic carbocycles. The number of nitrogen functional groups attached to an aromatic ring is 1. The Kier molecular flexibility index (Phi) is 4.08. The first-order valence-corrected chi connectivity index (χ1v) is 6.72. The smallest absolute Gasteiger partial charge is 0.246 e. The second-order valence-corrected chi connectivity index (χ2v) is 5.33. The van der Waals surface area contributed by atoms with Crippen molar-refractivity contribution < 1.29 is 9.18 Å². The average Bonchev–Trinajstić information content (AvgIpc) is 2.61. The van der Waals surface area contributed by atoms with E-state index in [1.807, 2.05) is 0 Å². The first-order chi connectivity index (χ1) is 9.38. The van der Waals surface area contributed by atoms with Gasteiger partial charge >= 0.3 is 0 Å². The number of amides is 1. The molecule has 0 aliphatic rings. The predicted octanol–water partition coefficient (Wildman–Crippen LogP) is 2.62. The van der Waals surface area contributed by atoms with E-state index in [2.05, 4.69) is 26.3 Å². The van der Waals surface area contributed by atoms with Crippen molar-refractivity contribution in [3.8, 4) is 0 Å². The normalized spacial score (nSPS) is 10.6. The number of carbonyl (C=O) groups is 1. The van der Waals surface area contributed by atoms with Gasteiger partial charge in [0, 0.05) is 4.47 Å². The monoisotopic (exact) mass is 340 g/mol. The zero-order valence-corrected chi connectivity index (χ0v) is 12.7. The summed E-state index contributed by atoms with van der Waals surface area (Å²) in [7, 11) is 0. The summed E-state index contributed by atoms with van der Waals surface area (Å²) in [5.41, 5.74) is 7.86. The van der Waals surface area contributed by atoms with Crippen molar-refractivity contribution in [2.75, 3.05) is 11.1 Å². The zero-order chi connectivity index (χ0) is 14.9. The molecule has 0 saturated carbocycles. The van der Waals surface area contributed by atoms with E-state index < -0.39 is 5.82 Å². The summed E-state index contributed by atoms with van der Waals surface area (Å²) in [6.07, 6.45) is 0. The minimum Gasteiger partial charge on any atom is -0.396 e. The topological polar surface area (TPSA) is 72.9 Å². The zero-order valence-electron chi connectivity index (χ0n) is 11.1. The second-order valence-electron chi connectivity index (χ2n) is 4.41. The molecule has 106 valence electrons. The van der Waals surface area contributed by atoms with Crippen LogP contribution in [0.5, 0.6) is 0 Å². The number of aryl methyl sites for hydroxylation is 1. The van der Waals surface area contributed by atoms with Crippen LogP contribution in [-0.4, -0.2) is 15.7 Å². The highest BCUT2D eigenvalue weighted by molar-refractivity contribution is 9.10. The van der Waals surface area contributed by atoms with Crippen LogP contribution in [0.2, 0.25) is 0 Å². The molecule has 0 spiro atoms. The lowest BCUT2D eigenvalue weighted by atomic mass is 10.3. The molecule has 0 bridgehead atoms. The van der Waals surface area contributed by atoms with Gasteiger partial charge in [0.15, 0.2) is 0 Å². The summed E-state index contributed by atoms with van der Waals surface area (Å²) in [4.78, 5) is 11.9. The van der Waals surface area contributed by atoms with Crippen LogP contribution < -0.4 is 11.1 Å². The first kappa shape index (κ1) is 14.5. The molecule has 0 radical (unpaired) electrons. The van der Waals surface area contributed by atoms with E-state index in [4.69, 9.17) is 5.73 Å². The maximum Gasteiger partial charge on any atom is 0.246 e. The number of hydrogen-bond donors (Lipinski definition) is 2. The van der Waals surface area contributed by atoms with Gasteiger partial charge in [0.2, 0.25) is 5.91 Å². The van der Waals surface area contributed by atoms with Crippen molar-refractivity contribution in [3.63, 3.8) is 0 Å². The lowest BCUT2D eigenvalue weighted by Gasteiger charge is -2.08. The molecule has 1 aromatic heterocycles. The number of aromatic nitrogens is 2. The molecule has 1 heterocycles. The van der Waals surface area contributed by atoms with Crippen LogP contribution in [0.4, 0.5) is 15.8 Å². The predicted molar refractivity (Wildman–Crippen MR) is 78.8 cm³/mol. The molecule has 7 heteroatoms. The van der Waals surface area contributed by atoms with Gasteiger partial charge in [-0.25, -0.2) is 4.39 Å². The lowest BCUT2D eigenvalue weighted by Crippen LogP contribution is -2.21. The van der Waals surface area contributed by atoms with Crippen molar-refractivity contribution in [2.24, 2.45) is 0 Å². The fourth-order valence-corrected chi connectivity index (χ4v) is 2.14. The Morgan fingerprint density at radius 1 is 1.50 bits per heavy atom. The van der Waals surface area contributed by atoms with Crippen LogP contribution in [0.1, 0.15) is 11.4 Å². The molecule has 0 atom stereocenters. The van der Waals surface area contributed by atoms with E-state index in [1.54, 1.807) is 19.9 Å². The molecule has 3 N–H and O–H groups in total. The number of carbonyl (C=O) groups excluding carboxylic acids is 1. The van der Waals surface area contributed by atoms with Crippen molar-refractivity contribution in [1.29, 1.82) is 0 Å². The summed E-state index contributed by atoms with van der Waals surface area (Å²) >= 11 is 3.23. The Labute approximate surface area is 124 Å². The molecule has 1 amide bonds. The van der Waals surface area contributed by atoms with Crippen LogP contribution in [0, 0.1) is 19.7 Å². The molecule has 2 aromatic rings. The Morgan fingerprint density at radius 2 is 2.20 bits per heavy atom. The third-order valence-electron chi connectivity index (χ3n) is 2.93. The maximum atomic E-state index is 13.5. The van der Waals surface area contributed by atoms with Gasteiger partial charge in [0.25, 0.3) is 0 Å². The molecule has 2 rings (SSSR count). The van der Waals surface area contributed by atoms with Crippen molar-refractivity contribution in [2.45, 2.75) is 20.4 Å². The number of halogens is 2. The van der Waals surface area contributed by atoms with Crippen molar-refractivity contribution in [1.82, 2.24) is 9.78 Å². The highest BCUT2D eigenvalue weighted by Gasteiger charge is 2.13. The Hall–Kier alpha value is -1.89. The van der Waals surface area contributed by atoms with Gasteiger partial charge in [0.1, 0.15) is 12.4 Å². The van der Waals surface area contributed by atoms with Gasteiger partial charge in [0.05, 0.1) is 22.8 Å². The maximum absolute atomic E-state index is 13.5. The second kappa shape index (κ2) is 5.62. The minimum atomic E-state index is -0.491. The van der Waals surface area contributed by atoms with Gasteiger partial charge in [-0.1, -0.05) is 15.9 Å². The van der Waals surface area contributed by atoms with E-state index in [0.29, 0.717) is 21.5 Å². The third-order valence-corrected chi connectivity index (χ3v) is 3.43. The van der Waals surface area contributed by atoms with Crippen molar-refractivity contribution >= 4 is 33.2 Å². The number of benzene rings is 1. The quantitative estimate of drug-likeness (QED) is 0.901. The highest BCUT2D eigenvalue weighted by atomic mass is 79.9. The van der Waals surface area contributed by atoms with Crippen LogP contribution in [-0.2, 0) is 11.3 Å². The average molecular weight is 341 g/mol. The van der Waals surface area contributed by atoms with E-state index in [-0.39, 0.29) is 18.1 Å². The van der Waals surface area contributed by atoms with E-state index in [1.165, 1.54) is 16.8 Å². The standard InChI is InChI=1S/C13H14BrFN4O/c1-7-13(16)8(2)19(18-7)6-12(20)17-11-5-9(14)3-4-10(11)15/h3-5H,6,16H2,1-2H3,(H,17,20). The number of nitrogens with two attached hydrogens (primary N) is 1. The summed E-state index contributed by atoms with van der Waals surface area (Å²) in [5, 5.41) is 6.67. The number of nitrogens with one attached hydrogen (secondary N) is 1. The number of nitrogens with zero attached hydrogens (tertiary/aromatic N) is 2. The molecule has 0 aliphatic heterocycles. The van der Waals surface area contributed by atoms with Crippen LogP contribution in [0.3, 0.4) is 0 Å². The summed E-state index contributed by atoms with van der Waals surface area (Å²) < 4.78 is 15.7. The van der Waals surface area contributed by atoms with Crippen LogP contribution in [0.25, 0.3) is 0 Å². The fraction of sp³-hybridized carbons (Fsp3) is 0.231. The van der Waals surface area contributed by atoms with E-state index >= 15 is 0 Å². The molecular weight excluding hydrogens is 327 g/mol. The largest absolute Gasteiger partial charge is 0.396 e. The van der Waals surface area contributed by atoms with Crippen molar-refractivity contribution in [3.05, 3.63) is 39.9 Å². The molecule has 0 unspecified atom stereocenters. The van der Waals surface area contributed by atoms with Gasteiger partial charge in [-0.2, -0.15) is 5.10 Å². The van der Waals surface area contributed by atoms with E-state index in [0.717, 1.165) is 0 Å². The summed E-state index contributed by atoms with van der Waals surface area (Å²) in [6, 6.07) is 4.34. The molecule has 0 fully saturated rings. The first-order valence-electron chi connectivity index (χ1n) is 5.93. The summed E-state index contributed by atoms with van der Waals surface area (Å²) in [5.74, 6) is -0.859. The summed E-state index contributed by atoms with van der Waals surface area (Å²) in [6.45, 7) is 3.53. The Morgan fingerprint density at radius 3 is 2.80 bits per heavy atom. The third kappa shape index (κ3) is 2.98. The van der Waals surface area contributed by atoms with Crippen LogP contribution in [0.15, 0.2) is 22.7 Å². The Balaban J connectivity index is 2.13. The van der Waals surface area contributed by atoms with Gasteiger partial charge in [-0.3, -0.25) is 9.48 Å². The molecule has 5 nitrogen and oxygen atoms in total. The van der Waals surface area contributed by atoms with Gasteiger partial charge < -0.3 is 11.1 Å². The fourth-order valence-electron chi connectivity index (χ4n) is 1.78. The van der Waals surface area contributed by atoms with E-state index in [9.17, 15) is 9.18 Å². The number of hydrogen-bond acceptors (Lipinski definition) is 3. The Bertz CT molecular complexity index is 669. The van der Waals surface area contributed by atoms with Crippen LogP contribution >= 0.6 is 15.9 Å². The molecule has 20 heavy (non-hydrogen) atoms. The molecule has 0 saturated heterocycles. The van der Waals surface area contributed by atoms with Gasteiger partial charge in [-0.05, 0) is 32.0 Å². The SMILES string of the molecule is Cc1nn(CC(=O)Nc2cc(Br)ccc2F)c(C)c1N. The minimum absolute atomic E-state index is 0.0180. The number of rotatable bonds is 3. The lowest BCUT2D eigenvalue weighted by molar-refractivity contribution is -0.117. The molecular formula is C13H14BrFN4O.